The number of nitrogen functional groups attached to an aromatic ring is 1. The average Bonchev–Trinajstić information content (AvgIpc) is 2.51. The summed E-state index contributed by atoms with van der Waals surface area (Å²) in [6, 6.07) is 5.28. The van der Waals surface area contributed by atoms with Gasteiger partial charge < -0.3 is 15.2 Å². The molecule has 0 bridgehead atoms. The number of aromatic amines is 1. The van der Waals surface area contributed by atoms with Crippen LogP contribution < -0.4 is 20.8 Å². The number of anilines is 1. The number of nitrogens with zero attached hydrogens (tertiary/aromatic N) is 2. The summed E-state index contributed by atoms with van der Waals surface area (Å²) in [5.74, 6) is 1.04. The summed E-state index contributed by atoms with van der Waals surface area (Å²) in [5, 5.41) is 2.64. The maximum atomic E-state index is 11.5. The second-order valence-electron chi connectivity index (χ2n) is 4.36. The first-order valence-corrected chi connectivity index (χ1v) is 6.59. The molecule has 8 nitrogen and oxygen atoms in total. The summed E-state index contributed by atoms with van der Waals surface area (Å²) in [6.45, 7) is 0.240. The highest BCUT2D eigenvalue weighted by molar-refractivity contribution is 7.71. The lowest BCUT2D eigenvalue weighted by Gasteiger charge is -2.13. The van der Waals surface area contributed by atoms with E-state index in [2.05, 4.69) is 10.2 Å². The van der Waals surface area contributed by atoms with Crippen LogP contribution in [0.4, 0.5) is 11.5 Å². The van der Waals surface area contributed by atoms with Gasteiger partial charge in [-0.3, -0.25) is 14.3 Å². The van der Waals surface area contributed by atoms with Gasteiger partial charge in [0.2, 0.25) is 5.69 Å². The first-order chi connectivity index (χ1) is 10.5. The summed E-state index contributed by atoms with van der Waals surface area (Å²) in [4.78, 5) is 24.6. The molecule has 1 aromatic heterocycles. The molecule has 0 spiro atoms. The lowest BCUT2D eigenvalue weighted by Crippen LogP contribution is -2.18. The van der Waals surface area contributed by atoms with Gasteiger partial charge in [0.05, 0.1) is 20.8 Å². The molecule has 0 aliphatic carbocycles. The van der Waals surface area contributed by atoms with Crippen molar-refractivity contribution >= 4 is 23.7 Å². The van der Waals surface area contributed by atoms with E-state index in [1.54, 1.807) is 18.2 Å². The summed E-state index contributed by atoms with van der Waals surface area (Å²) in [7, 11) is 3.06. The first-order valence-electron chi connectivity index (χ1n) is 6.18. The normalized spacial score (nSPS) is 10.3. The second-order valence-corrected chi connectivity index (χ2v) is 4.75. The van der Waals surface area contributed by atoms with Gasteiger partial charge in [-0.15, -0.1) is 4.91 Å². The van der Waals surface area contributed by atoms with Crippen LogP contribution in [0.15, 0.2) is 28.2 Å². The lowest BCUT2D eigenvalue weighted by molar-refractivity contribution is 0.354. The maximum absolute atomic E-state index is 11.5. The Kier molecular flexibility index (Phi) is 4.56. The highest BCUT2D eigenvalue weighted by atomic mass is 32.1. The second kappa shape index (κ2) is 6.39. The van der Waals surface area contributed by atoms with Crippen molar-refractivity contribution in [1.82, 2.24) is 9.55 Å². The van der Waals surface area contributed by atoms with Crippen molar-refractivity contribution in [3.8, 4) is 11.5 Å². The third kappa shape index (κ3) is 2.84. The predicted octanol–water partition coefficient (Wildman–Crippen LogP) is 1.95. The van der Waals surface area contributed by atoms with E-state index in [1.807, 2.05) is 0 Å². The van der Waals surface area contributed by atoms with Crippen LogP contribution in [0.25, 0.3) is 0 Å². The molecule has 0 fully saturated rings. The summed E-state index contributed by atoms with van der Waals surface area (Å²) < 4.78 is 11.9. The number of hydrogen-bond donors (Lipinski definition) is 2. The van der Waals surface area contributed by atoms with Crippen molar-refractivity contribution in [2.24, 2.45) is 5.18 Å². The minimum absolute atomic E-state index is 0.0847. The van der Waals surface area contributed by atoms with Gasteiger partial charge in [-0.2, -0.15) is 0 Å². The topological polar surface area (TPSA) is 112 Å². The van der Waals surface area contributed by atoms with Crippen molar-refractivity contribution in [1.29, 1.82) is 0 Å². The van der Waals surface area contributed by atoms with Crippen LogP contribution in [0, 0.1) is 9.68 Å². The number of aromatic nitrogens is 2. The van der Waals surface area contributed by atoms with Gasteiger partial charge in [0.25, 0.3) is 5.56 Å². The van der Waals surface area contributed by atoms with Crippen molar-refractivity contribution in [3.05, 3.63) is 43.8 Å². The maximum Gasteiger partial charge on any atom is 0.283 e. The molecular weight excluding hydrogens is 308 g/mol. The number of methoxy groups -OCH3 is 2. The Hall–Kier alpha value is -2.68. The van der Waals surface area contributed by atoms with Crippen LogP contribution in [0.5, 0.6) is 11.5 Å². The Bertz CT molecular complexity index is 828. The Balaban J connectivity index is 2.50. The molecule has 2 aromatic rings. The van der Waals surface area contributed by atoms with Crippen LogP contribution in [0.3, 0.4) is 0 Å². The number of hydrogen-bond acceptors (Lipinski definition) is 7. The molecular formula is C13H14N4O4S. The number of benzene rings is 1. The van der Waals surface area contributed by atoms with Crippen LogP contribution in [0.1, 0.15) is 5.56 Å². The van der Waals surface area contributed by atoms with Crippen LogP contribution in [0.2, 0.25) is 0 Å². The summed E-state index contributed by atoms with van der Waals surface area (Å²) in [5.41, 5.74) is 5.49. The average molecular weight is 322 g/mol. The molecule has 0 radical (unpaired) electrons. The Morgan fingerprint density at radius 1 is 1.32 bits per heavy atom. The molecule has 2 rings (SSSR count). The zero-order valence-electron chi connectivity index (χ0n) is 12.0. The molecule has 0 atom stereocenters. The Morgan fingerprint density at radius 3 is 2.59 bits per heavy atom. The zero-order valence-corrected chi connectivity index (χ0v) is 12.8. The fourth-order valence-electron chi connectivity index (χ4n) is 1.98. The van der Waals surface area contributed by atoms with Crippen LogP contribution >= 0.6 is 12.2 Å². The zero-order chi connectivity index (χ0) is 16.3. The van der Waals surface area contributed by atoms with Gasteiger partial charge in [-0.1, -0.05) is 6.07 Å². The molecule has 22 heavy (non-hydrogen) atoms. The molecule has 1 heterocycles. The predicted molar refractivity (Wildman–Crippen MR) is 84.4 cm³/mol. The largest absolute Gasteiger partial charge is 0.493 e. The van der Waals surface area contributed by atoms with E-state index in [9.17, 15) is 9.70 Å². The Morgan fingerprint density at radius 2 is 2.00 bits per heavy atom. The third-order valence-electron chi connectivity index (χ3n) is 3.09. The third-order valence-corrected chi connectivity index (χ3v) is 3.42. The molecule has 116 valence electrons. The van der Waals surface area contributed by atoms with Crippen LogP contribution in [-0.2, 0) is 6.54 Å². The fourth-order valence-corrected chi connectivity index (χ4v) is 2.24. The number of rotatable bonds is 5. The van der Waals surface area contributed by atoms with Gasteiger partial charge in [-0.05, 0) is 35.1 Å². The quantitative estimate of drug-likeness (QED) is 0.643. The van der Waals surface area contributed by atoms with E-state index in [0.717, 1.165) is 5.56 Å². The number of nitrogens with one attached hydrogen (secondary N) is 1. The molecule has 9 heteroatoms. The van der Waals surface area contributed by atoms with Crippen molar-refractivity contribution < 1.29 is 9.47 Å². The van der Waals surface area contributed by atoms with Gasteiger partial charge in [0, 0.05) is 0 Å². The molecule has 0 aliphatic rings. The molecule has 0 amide bonds. The van der Waals surface area contributed by atoms with E-state index in [0.29, 0.717) is 11.5 Å². The monoisotopic (exact) mass is 322 g/mol. The molecule has 3 N–H and O–H groups in total. The van der Waals surface area contributed by atoms with E-state index in [1.165, 1.54) is 18.8 Å². The number of ether oxygens (including phenoxy) is 2. The van der Waals surface area contributed by atoms with Crippen molar-refractivity contribution in [3.63, 3.8) is 0 Å². The van der Waals surface area contributed by atoms with Gasteiger partial charge in [-0.25, -0.2) is 0 Å². The van der Waals surface area contributed by atoms with Crippen LogP contribution in [-0.4, -0.2) is 23.8 Å². The van der Waals surface area contributed by atoms with E-state index >= 15 is 0 Å². The minimum atomic E-state index is -0.707. The lowest BCUT2D eigenvalue weighted by atomic mass is 10.2. The SMILES string of the molecule is COc1ccc(Cn2c(N)c(N=O)c(=O)[nH]c2=S)cc1OC. The number of H-pyrrole nitrogens is 1. The summed E-state index contributed by atoms with van der Waals surface area (Å²) >= 11 is 5.07. The molecule has 0 saturated heterocycles. The highest BCUT2D eigenvalue weighted by Crippen LogP contribution is 2.28. The standard InChI is InChI=1S/C13H14N4O4S/c1-20-8-4-3-7(5-9(8)21-2)6-17-11(14)10(16-19)12(18)15-13(17)22/h3-5H,6,14H2,1-2H3,(H,15,18,22). The van der Waals surface area contributed by atoms with E-state index in [4.69, 9.17) is 27.4 Å². The molecule has 0 saturated carbocycles. The smallest absolute Gasteiger partial charge is 0.283 e. The fraction of sp³-hybridized carbons (Fsp3) is 0.231. The van der Waals surface area contributed by atoms with Gasteiger partial charge in [0.15, 0.2) is 16.3 Å². The van der Waals surface area contributed by atoms with Gasteiger partial charge in [0.1, 0.15) is 5.82 Å². The summed E-state index contributed by atoms with van der Waals surface area (Å²) in [6.07, 6.45) is 0. The molecule has 0 aliphatic heterocycles. The van der Waals surface area contributed by atoms with Gasteiger partial charge >= 0.3 is 0 Å². The minimum Gasteiger partial charge on any atom is -0.493 e. The van der Waals surface area contributed by atoms with E-state index < -0.39 is 11.2 Å². The molecule has 1 aromatic carbocycles. The number of nitrogens with two attached hydrogens (primary N) is 1. The Labute approximate surface area is 130 Å². The van der Waals surface area contributed by atoms with E-state index in [-0.39, 0.29) is 17.1 Å². The first kappa shape index (κ1) is 15.7. The molecule has 0 unspecified atom stereocenters. The van der Waals surface area contributed by atoms with Crippen molar-refractivity contribution in [2.75, 3.05) is 20.0 Å². The highest BCUT2D eigenvalue weighted by Gasteiger charge is 2.12. The van der Waals surface area contributed by atoms with Crippen molar-refractivity contribution in [2.45, 2.75) is 6.54 Å². The number of nitroso groups, excluding NO2 is 1.